The molecule has 5 rings (SSSR count). The lowest BCUT2D eigenvalue weighted by atomic mass is 9.65. The third kappa shape index (κ3) is 6.55. The van der Waals surface area contributed by atoms with Gasteiger partial charge in [-0.15, -0.1) is 0 Å². The fourth-order valence-corrected chi connectivity index (χ4v) is 9.90. The SMILES string of the molecule is C[C@@H]1CC(c2ccc(Cl)cc2)([C@H](N)C(=O)N[C@H]2CCCC[C@@H]2CC[C@H]2CN[C@@H]3CCCS(=O)(=O)N2C3)C[C@H](C)O1. The molecule has 224 valence electrons. The summed E-state index contributed by atoms with van der Waals surface area (Å²) in [5.74, 6) is 0.459. The number of piperazine rings is 1. The first-order chi connectivity index (χ1) is 19.1. The van der Waals surface area contributed by atoms with E-state index in [4.69, 9.17) is 22.1 Å². The van der Waals surface area contributed by atoms with Gasteiger partial charge in [-0.2, -0.15) is 4.31 Å². The van der Waals surface area contributed by atoms with Gasteiger partial charge in [0.2, 0.25) is 15.9 Å². The smallest absolute Gasteiger partial charge is 0.238 e. The summed E-state index contributed by atoms with van der Waals surface area (Å²) in [6.07, 6.45) is 8.84. The first-order valence-corrected chi connectivity index (χ1v) is 17.3. The van der Waals surface area contributed by atoms with Gasteiger partial charge in [0.1, 0.15) is 0 Å². The summed E-state index contributed by atoms with van der Waals surface area (Å²) >= 11 is 6.20. The summed E-state index contributed by atoms with van der Waals surface area (Å²) in [4.78, 5) is 13.9. The molecule has 0 spiro atoms. The molecule has 8 nitrogen and oxygen atoms in total. The third-order valence-electron chi connectivity index (χ3n) is 9.93. The van der Waals surface area contributed by atoms with Crippen LogP contribution < -0.4 is 16.4 Å². The van der Waals surface area contributed by atoms with Crippen molar-refractivity contribution in [2.45, 2.75) is 120 Å². The first-order valence-electron chi connectivity index (χ1n) is 15.3. The minimum atomic E-state index is -3.21. The molecule has 0 aromatic heterocycles. The molecule has 4 aliphatic rings. The number of nitrogens with zero attached hydrogens (tertiary/aromatic N) is 1. The van der Waals surface area contributed by atoms with Crippen molar-refractivity contribution in [3.63, 3.8) is 0 Å². The van der Waals surface area contributed by atoms with Crippen LogP contribution in [-0.4, -0.2) is 73.8 Å². The molecule has 9 atom stereocenters. The average molecular weight is 595 g/mol. The average Bonchev–Trinajstić information content (AvgIpc) is 3.03. The Bertz CT molecular complexity index is 1120. The number of nitrogens with two attached hydrogens (primary N) is 1. The predicted molar refractivity (Wildman–Crippen MR) is 159 cm³/mol. The molecule has 1 aliphatic carbocycles. The molecule has 40 heavy (non-hydrogen) atoms. The van der Waals surface area contributed by atoms with Crippen LogP contribution in [0.25, 0.3) is 0 Å². The van der Waals surface area contributed by atoms with E-state index in [1.165, 1.54) is 0 Å². The lowest BCUT2D eigenvalue weighted by molar-refractivity contribution is -0.129. The molecule has 0 radical (unpaired) electrons. The Hall–Kier alpha value is -1.23. The third-order valence-corrected chi connectivity index (χ3v) is 12.2. The summed E-state index contributed by atoms with van der Waals surface area (Å²) in [5.41, 5.74) is 7.38. The number of carbonyl (C=O) groups is 1. The molecule has 3 aliphatic heterocycles. The molecule has 4 N–H and O–H groups in total. The van der Waals surface area contributed by atoms with E-state index in [1.807, 2.05) is 24.3 Å². The van der Waals surface area contributed by atoms with Gasteiger partial charge in [0.25, 0.3) is 0 Å². The van der Waals surface area contributed by atoms with Crippen LogP contribution in [0.15, 0.2) is 24.3 Å². The minimum Gasteiger partial charge on any atom is -0.375 e. The highest BCUT2D eigenvalue weighted by Gasteiger charge is 2.48. The number of carbonyl (C=O) groups excluding carboxylic acids is 1. The van der Waals surface area contributed by atoms with Crippen molar-refractivity contribution >= 4 is 27.5 Å². The number of rotatable bonds is 7. The second-order valence-electron chi connectivity index (χ2n) is 12.8. The maximum Gasteiger partial charge on any atom is 0.238 e. The second-order valence-corrected chi connectivity index (χ2v) is 15.3. The molecule has 4 fully saturated rings. The van der Waals surface area contributed by atoms with E-state index < -0.39 is 21.5 Å². The van der Waals surface area contributed by atoms with E-state index in [-0.39, 0.29) is 42.0 Å². The summed E-state index contributed by atoms with van der Waals surface area (Å²) in [6.45, 7) is 5.39. The van der Waals surface area contributed by atoms with Crippen LogP contribution in [0.3, 0.4) is 0 Å². The first kappa shape index (κ1) is 30.2. The van der Waals surface area contributed by atoms with E-state index in [1.54, 1.807) is 4.31 Å². The zero-order chi connectivity index (χ0) is 28.5. The van der Waals surface area contributed by atoms with E-state index >= 15 is 0 Å². The number of hydrogen-bond acceptors (Lipinski definition) is 6. The number of halogens is 1. The summed E-state index contributed by atoms with van der Waals surface area (Å²) < 4.78 is 33.7. The van der Waals surface area contributed by atoms with Crippen molar-refractivity contribution in [1.29, 1.82) is 0 Å². The molecule has 3 heterocycles. The molecular formula is C30H47ClN4O4S. The number of benzene rings is 1. The predicted octanol–water partition coefficient (Wildman–Crippen LogP) is 3.71. The van der Waals surface area contributed by atoms with Crippen LogP contribution in [0.4, 0.5) is 0 Å². The molecule has 2 bridgehead atoms. The van der Waals surface area contributed by atoms with Gasteiger partial charge in [-0.05, 0) is 88.8 Å². The topological polar surface area (TPSA) is 114 Å². The van der Waals surface area contributed by atoms with Gasteiger partial charge in [-0.3, -0.25) is 4.79 Å². The number of amides is 1. The molecule has 1 amide bonds. The number of hydrogen-bond donors (Lipinski definition) is 3. The largest absolute Gasteiger partial charge is 0.375 e. The summed E-state index contributed by atoms with van der Waals surface area (Å²) in [5, 5.41) is 7.62. The maximum absolute atomic E-state index is 13.9. The molecule has 10 heteroatoms. The molecule has 1 saturated carbocycles. The molecule has 2 unspecified atom stereocenters. The maximum atomic E-state index is 13.9. The van der Waals surface area contributed by atoms with Crippen LogP contribution in [0, 0.1) is 5.92 Å². The van der Waals surface area contributed by atoms with E-state index in [9.17, 15) is 13.2 Å². The Morgan fingerprint density at radius 3 is 2.55 bits per heavy atom. The zero-order valence-electron chi connectivity index (χ0n) is 24.0. The molecule has 3 saturated heterocycles. The Balaban J connectivity index is 1.28. The molecule has 1 aromatic rings. The van der Waals surface area contributed by atoms with E-state index in [0.29, 0.717) is 36.9 Å². The van der Waals surface area contributed by atoms with Crippen LogP contribution in [-0.2, 0) is 25.0 Å². The fraction of sp³-hybridized carbons (Fsp3) is 0.767. The van der Waals surface area contributed by atoms with Gasteiger partial charge in [0, 0.05) is 41.7 Å². The zero-order valence-corrected chi connectivity index (χ0v) is 25.6. The highest BCUT2D eigenvalue weighted by atomic mass is 35.5. The summed E-state index contributed by atoms with van der Waals surface area (Å²) in [6, 6.07) is 7.34. The Kier molecular flexibility index (Phi) is 9.49. The van der Waals surface area contributed by atoms with Crippen LogP contribution in [0.5, 0.6) is 0 Å². The van der Waals surface area contributed by atoms with Crippen LogP contribution >= 0.6 is 11.6 Å². The summed E-state index contributed by atoms with van der Waals surface area (Å²) in [7, 11) is -3.21. The number of ether oxygens (including phenoxy) is 1. The van der Waals surface area contributed by atoms with Crippen LogP contribution in [0.1, 0.15) is 83.6 Å². The van der Waals surface area contributed by atoms with Gasteiger partial charge >= 0.3 is 0 Å². The lowest BCUT2D eigenvalue weighted by Gasteiger charge is -2.47. The van der Waals surface area contributed by atoms with Crippen molar-refractivity contribution in [2.75, 3.05) is 18.8 Å². The van der Waals surface area contributed by atoms with Crippen molar-refractivity contribution in [3.8, 4) is 0 Å². The van der Waals surface area contributed by atoms with E-state index in [0.717, 1.165) is 56.9 Å². The van der Waals surface area contributed by atoms with Gasteiger partial charge in [0.15, 0.2) is 0 Å². The second kappa shape index (κ2) is 12.6. The van der Waals surface area contributed by atoms with Crippen molar-refractivity contribution in [3.05, 3.63) is 34.9 Å². The quantitative estimate of drug-likeness (QED) is 0.443. The van der Waals surface area contributed by atoms with Crippen molar-refractivity contribution < 1.29 is 17.9 Å². The fourth-order valence-electron chi connectivity index (χ4n) is 7.97. The standard InChI is InChI=1S/C30H47ClN4O4S/c1-20-16-30(17-21(2)39-20,23-10-12-24(31)13-11-23)28(32)29(36)34-27-8-4-3-6-22(27)9-14-26-18-33-25-7-5-15-40(37,38)35(26)19-25/h10-13,20-22,25-28,33H,3-9,14-19,32H2,1-2H3,(H,34,36)/t20-,21+,22-,25-,26+,27+,28-,30?/m1/s1. The normalized spacial score (nSPS) is 38.6. The van der Waals surface area contributed by atoms with Gasteiger partial charge in [-0.1, -0.05) is 36.6 Å². The highest BCUT2D eigenvalue weighted by molar-refractivity contribution is 7.89. The number of fused-ring (bicyclic) bond motifs is 2. The van der Waals surface area contributed by atoms with Gasteiger partial charge in [0.05, 0.1) is 24.0 Å². The molecule has 1 aromatic carbocycles. The number of sulfonamides is 1. The van der Waals surface area contributed by atoms with Gasteiger partial charge in [-0.25, -0.2) is 8.42 Å². The lowest BCUT2D eigenvalue weighted by Crippen LogP contribution is -2.60. The Morgan fingerprint density at radius 1 is 1.12 bits per heavy atom. The molecular weight excluding hydrogens is 548 g/mol. The van der Waals surface area contributed by atoms with Crippen molar-refractivity contribution in [1.82, 2.24) is 14.9 Å². The Morgan fingerprint density at radius 2 is 1.82 bits per heavy atom. The van der Waals surface area contributed by atoms with Crippen molar-refractivity contribution in [2.24, 2.45) is 11.7 Å². The number of nitrogens with one attached hydrogen (secondary N) is 2. The van der Waals surface area contributed by atoms with E-state index in [2.05, 4.69) is 24.5 Å². The monoisotopic (exact) mass is 594 g/mol. The van der Waals surface area contributed by atoms with Gasteiger partial charge < -0.3 is 21.1 Å². The Labute approximate surface area is 245 Å². The minimum absolute atomic E-state index is 0.0142. The highest BCUT2D eigenvalue weighted by Crippen LogP contribution is 2.42. The van der Waals surface area contributed by atoms with Crippen LogP contribution in [0.2, 0.25) is 5.02 Å².